The normalized spacial score (nSPS) is 20.0. The number of anilines is 3. The van der Waals surface area contributed by atoms with Crippen molar-refractivity contribution in [2.75, 3.05) is 4.90 Å². The predicted molar refractivity (Wildman–Crippen MR) is 204 cm³/mol. The van der Waals surface area contributed by atoms with Gasteiger partial charge in [0.25, 0.3) is 0 Å². The molecule has 10 rings (SSSR count). The quantitative estimate of drug-likeness (QED) is 0.185. The average Bonchev–Trinajstić information content (AvgIpc) is 4.09. The maximum absolute atomic E-state index is 9.87. The van der Waals surface area contributed by atoms with Gasteiger partial charge in [0.05, 0.1) is 50.8 Å². The maximum Gasteiger partial charge on any atom is 0.144 e. The lowest BCUT2D eigenvalue weighted by Crippen LogP contribution is -2.10. The van der Waals surface area contributed by atoms with Gasteiger partial charge in [0, 0.05) is 33.1 Å². The molecule has 0 atom stereocenters. The van der Waals surface area contributed by atoms with Crippen LogP contribution in [0, 0.1) is 0 Å². The highest BCUT2D eigenvalue weighted by Crippen LogP contribution is 2.49. The average molecular weight is 657 g/mol. The molecule has 10 aromatic rings. The van der Waals surface area contributed by atoms with Crippen LogP contribution in [-0.2, 0) is 0 Å². The number of para-hydroxylation sites is 1. The molecular weight excluding hydrogens is 599 g/mol. The molecule has 0 bridgehead atoms. The van der Waals surface area contributed by atoms with Crippen molar-refractivity contribution in [2.45, 2.75) is 0 Å². The van der Waals surface area contributed by atoms with Gasteiger partial charge in [0.15, 0.2) is 0 Å². The van der Waals surface area contributed by atoms with Crippen LogP contribution in [0.5, 0.6) is 0 Å². The minimum atomic E-state index is -1.24. The van der Waals surface area contributed by atoms with Crippen LogP contribution in [0.25, 0.3) is 76.9 Å². The zero-order chi connectivity index (χ0) is 57.5. The lowest BCUT2D eigenvalue weighted by molar-refractivity contribution is 0.664. The third-order valence-electron chi connectivity index (χ3n) is 7.57. The maximum atomic E-state index is 9.87. The van der Waals surface area contributed by atoms with Gasteiger partial charge in [0.1, 0.15) is 22.3 Å². The van der Waals surface area contributed by atoms with Crippen LogP contribution >= 0.6 is 0 Å². The first kappa shape index (κ1) is 11.3. The van der Waals surface area contributed by atoms with E-state index in [-0.39, 0.29) is 0 Å². The van der Waals surface area contributed by atoms with E-state index in [0.29, 0.717) is 4.90 Å². The number of hydrogen-bond acceptors (Lipinski definition) is 3. The van der Waals surface area contributed by atoms with Crippen LogP contribution < -0.4 is 4.90 Å². The van der Waals surface area contributed by atoms with Crippen LogP contribution in [0.4, 0.5) is 17.1 Å². The Hall–Kier alpha value is -6.58. The van der Waals surface area contributed by atoms with E-state index in [0.717, 1.165) is 0 Å². The zero-order valence-electron chi connectivity index (χ0n) is 53.3. The van der Waals surface area contributed by atoms with Crippen LogP contribution in [0.15, 0.2) is 184 Å². The van der Waals surface area contributed by atoms with E-state index in [1.54, 1.807) is 0 Å². The fourth-order valence-corrected chi connectivity index (χ4v) is 5.54. The molecule has 230 valence electrons. The summed E-state index contributed by atoms with van der Waals surface area (Å²) in [5, 5.41) is -3.92. The molecule has 2 aromatic heterocycles. The van der Waals surface area contributed by atoms with E-state index < -0.39 is 269 Å². The van der Waals surface area contributed by atoms with Crippen molar-refractivity contribution in [3.63, 3.8) is 0 Å². The summed E-state index contributed by atoms with van der Waals surface area (Å²) in [6, 6.07) is -28.6. The Balaban J connectivity index is 1.52. The van der Waals surface area contributed by atoms with Crippen LogP contribution in [-0.4, -0.2) is 0 Å². The van der Waals surface area contributed by atoms with Crippen molar-refractivity contribution in [3.05, 3.63) is 175 Å². The predicted octanol–water partition coefficient (Wildman–Crippen LogP) is 13.4. The van der Waals surface area contributed by atoms with Crippen LogP contribution in [0.1, 0.15) is 39.8 Å². The molecule has 0 fully saturated rings. The van der Waals surface area contributed by atoms with Gasteiger partial charge in [0.2, 0.25) is 0 Å². The summed E-state index contributed by atoms with van der Waals surface area (Å²) in [5.74, 6) is 0. The third-order valence-corrected chi connectivity index (χ3v) is 7.57. The number of nitrogens with zero attached hydrogens (tertiary/aromatic N) is 1. The number of furan rings is 2. The molecule has 0 aliphatic heterocycles. The first-order chi connectivity index (χ1) is 36.4. The second-order valence-electron chi connectivity index (χ2n) is 10.3. The Morgan fingerprint density at radius 1 is 0.408 bits per heavy atom. The van der Waals surface area contributed by atoms with Gasteiger partial charge in [-0.3, -0.25) is 0 Å². The first-order valence-corrected chi connectivity index (χ1v) is 14.2. The van der Waals surface area contributed by atoms with Gasteiger partial charge >= 0.3 is 0 Å². The van der Waals surface area contributed by atoms with Gasteiger partial charge in [-0.15, -0.1) is 0 Å². The minimum absolute atomic E-state index is 0.446. The minimum Gasteiger partial charge on any atom is -0.456 e. The summed E-state index contributed by atoms with van der Waals surface area (Å²) in [6.07, 6.45) is 0. The van der Waals surface area contributed by atoms with E-state index in [9.17, 15) is 15.1 Å². The van der Waals surface area contributed by atoms with Gasteiger partial charge in [-0.25, -0.2) is 0 Å². The lowest BCUT2D eigenvalue weighted by Gasteiger charge is -2.27. The van der Waals surface area contributed by atoms with Crippen molar-refractivity contribution >= 4 is 71.7 Å². The van der Waals surface area contributed by atoms with Crippen LogP contribution in [0.3, 0.4) is 0 Å². The molecule has 0 spiro atoms. The second kappa shape index (κ2) is 11.0. The summed E-state index contributed by atoms with van der Waals surface area (Å²) < 4.78 is 272. The molecule has 0 unspecified atom stereocenters. The highest BCUT2D eigenvalue weighted by atomic mass is 16.3. The fraction of sp³-hybridized carbons (Fsp3) is 0. The van der Waals surface area contributed by atoms with Crippen molar-refractivity contribution in [1.29, 1.82) is 0 Å². The van der Waals surface area contributed by atoms with Gasteiger partial charge in [-0.2, -0.15) is 0 Å². The van der Waals surface area contributed by atoms with Crippen molar-refractivity contribution in [1.82, 2.24) is 0 Å². The standard InChI is InChI=1S/C46H29NO2/c1-3-12-30(13-4-1)32-22-25-35(26-23-32)47(36-27-24-31-14-7-8-17-34(31)28-36)39-19-11-21-41-44(39)38-29-42-45(37-18-9-10-20-40(37)48-42)43(46(38)49-41)33-15-5-2-6-16-33/h1-29H/i1D,2D,3D,4D,5D,6D,7D,8D,9D,10D,11D,12D,13D,14D,15D,16D,17D,18D,19D,20D,21D,22D,23D,24D,25D,26D,27D,28D,29D. The first-order valence-electron chi connectivity index (χ1n) is 28.7. The lowest BCUT2D eigenvalue weighted by atomic mass is 9.96. The Bertz CT molecular complexity index is 4420. The molecule has 0 amide bonds. The summed E-state index contributed by atoms with van der Waals surface area (Å²) >= 11 is 0. The van der Waals surface area contributed by atoms with Gasteiger partial charge in [-0.05, 0) is 75.8 Å². The van der Waals surface area contributed by atoms with E-state index >= 15 is 0 Å². The summed E-state index contributed by atoms with van der Waals surface area (Å²) in [7, 11) is 0. The number of hydrogen-bond donors (Lipinski definition) is 0. The molecule has 0 saturated heterocycles. The molecule has 0 N–H and O–H groups in total. The summed E-state index contributed by atoms with van der Waals surface area (Å²) in [5.41, 5.74) is -9.17. The van der Waals surface area contributed by atoms with Crippen molar-refractivity contribution in [3.8, 4) is 22.3 Å². The van der Waals surface area contributed by atoms with E-state index in [1.807, 2.05) is 0 Å². The van der Waals surface area contributed by atoms with Crippen molar-refractivity contribution < 1.29 is 48.6 Å². The summed E-state index contributed by atoms with van der Waals surface area (Å²) in [4.78, 5) is 0.446. The molecule has 8 aromatic carbocycles. The Kier molecular flexibility index (Phi) is 2.53. The van der Waals surface area contributed by atoms with Gasteiger partial charge in [-0.1, -0.05) is 127 Å². The zero-order valence-corrected chi connectivity index (χ0v) is 24.3. The van der Waals surface area contributed by atoms with Crippen molar-refractivity contribution in [2.24, 2.45) is 0 Å². The molecule has 3 nitrogen and oxygen atoms in total. The third kappa shape index (κ3) is 4.44. The number of rotatable bonds is 5. The number of benzene rings is 8. The Morgan fingerprint density at radius 2 is 1.06 bits per heavy atom. The molecule has 3 heteroatoms. The van der Waals surface area contributed by atoms with E-state index in [1.165, 1.54) is 0 Å². The largest absolute Gasteiger partial charge is 0.456 e. The molecular formula is C46H29NO2. The highest BCUT2D eigenvalue weighted by Gasteiger charge is 2.24. The SMILES string of the molecule is [2H]c1c([2H])c([2H])c(-c2c([2H])c([2H])c(N(c3c([2H])c([2H])c4c([2H])c([2H])c([2H])c([2H])c4c3[2H])c3c([2H])c([2H])c([2H])c4oc5c(-c6c([2H])c([2H])c([2H])c([2H])c6[2H])c6c(oc7c([2H])c([2H])c([2H])c([2H])c76)c([2H])c5c34)c([2H])c2[2H])c([2H])c1[2H]. The molecule has 0 radical (unpaired) electrons. The van der Waals surface area contributed by atoms with E-state index in [2.05, 4.69) is 0 Å². The smallest absolute Gasteiger partial charge is 0.144 e. The molecule has 2 heterocycles. The molecule has 49 heavy (non-hydrogen) atoms. The molecule has 0 aliphatic carbocycles. The van der Waals surface area contributed by atoms with Crippen LogP contribution in [0.2, 0.25) is 0 Å². The second-order valence-corrected chi connectivity index (χ2v) is 10.3. The van der Waals surface area contributed by atoms with Gasteiger partial charge < -0.3 is 13.7 Å². The summed E-state index contributed by atoms with van der Waals surface area (Å²) in [6.45, 7) is 0. The molecule has 0 saturated carbocycles. The number of fused-ring (bicyclic) bond motifs is 7. The fourth-order valence-electron chi connectivity index (χ4n) is 5.54. The Labute approximate surface area is 323 Å². The molecule has 0 aliphatic rings. The highest BCUT2D eigenvalue weighted by molar-refractivity contribution is 6.25. The van der Waals surface area contributed by atoms with E-state index in [4.69, 9.17) is 33.5 Å². The Morgan fingerprint density at radius 3 is 1.88 bits per heavy atom. The monoisotopic (exact) mass is 656 g/mol. The topological polar surface area (TPSA) is 29.5 Å².